The first-order chi connectivity index (χ1) is 9.13. The Hall–Kier alpha value is -1.37. The van der Waals surface area contributed by atoms with Gasteiger partial charge in [0.1, 0.15) is 5.75 Å². The van der Waals surface area contributed by atoms with E-state index in [1.165, 1.54) is 11.1 Å². The summed E-state index contributed by atoms with van der Waals surface area (Å²) in [5.41, 5.74) is 3.68. The van der Waals surface area contributed by atoms with Crippen LogP contribution < -0.4 is 9.83 Å². The Labute approximate surface area is 116 Å². The Morgan fingerprint density at radius 3 is 2.32 bits per heavy atom. The van der Waals surface area contributed by atoms with Crippen LogP contribution >= 0.6 is 8.38 Å². The lowest BCUT2D eigenvalue weighted by Crippen LogP contribution is -2.05. The van der Waals surface area contributed by atoms with E-state index in [-0.39, 0.29) is 0 Å². The number of aryl methyl sites for hydroxylation is 1. The third kappa shape index (κ3) is 3.15. The molecule has 0 aliphatic carbocycles. The van der Waals surface area contributed by atoms with Gasteiger partial charge >= 0.3 is 0 Å². The van der Waals surface area contributed by atoms with E-state index < -0.39 is 8.38 Å². The average Bonchev–Trinajstić information content (AvgIpc) is 2.45. The Morgan fingerprint density at radius 2 is 1.68 bits per heavy atom. The van der Waals surface area contributed by atoms with Crippen molar-refractivity contribution in [2.75, 3.05) is 0 Å². The summed E-state index contributed by atoms with van der Waals surface area (Å²) >= 11 is 0. The van der Waals surface area contributed by atoms with Crippen LogP contribution in [0.3, 0.4) is 0 Å². The molecular weight excluding hydrogens is 255 g/mol. The van der Waals surface area contributed by atoms with Gasteiger partial charge < -0.3 is 9.42 Å². The molecule has 0 aliphatic rings. The number of rotatable bonds is 4. The van der Waals surface area contributed by atoms with Crippen molar-refractivity contribution in [1.29, 1.82) is 0 Å². The third-order valence-electron chi connectivity index (χ3n) is 3.39. The van der Waals surface area contributed by atoms with Crippen LogP contribution in [0.2, 0.25) is 0 Å². The van der Waals surface area contributed by atoms with Crippen LogP contribution in [0.1, 0.15) is 23.6 Å². The smallest absolute Gasteiger partial charge is 0.262 e. The summed E-state index contributed by atoms with van der Waals surface area (Å²) in [5.74, 6) is 0.771. The second kappa shape index (κ2) is 6.18. The fourth-order valence-electron chi connectivity index (χ4n) is 2.04. The topological polar surface area (TPSA) is 29.5 Å². The second-order valence-electron chi connectivity index (χ2n) is 4.53. The minimum Gasteiger partial charge on any atom is -0.444 e. The predicted molar refractivity (Wildman–Crippen MR) is 81.1 cm³/mol. The maximum absolute atomic E-state index is 10.2. The summed E-state index contributed by atoms with van der Waals surface area (Å²) in [4.78, 5) is 10.2. The molecule has 0 aliphatic heterocycles. The Bertz CT molecular complexity index is 552. The molecule has 0 aromatic heterocycles. The van der Waals surface area contributed by atoms with Crippen LogP contribution in [0.15, 0.2) is 42.5 Å². The fraction of sp³-hybridized carbons (Fsp3) is 0.250. The lowest BCUT2D eigenvalue weighted by Gasteiger charge is -2.16. The first kappa shape index (κ1) is 14.0. The highest BCUT2D eigenvalue weighted by molar-refractivity contribution is 7.55. The molecule has 0 spiro atoms. The summed E-state index contributed by atoms with van der Waals surface area (Å²) in [5, 5.41) is 0.828. The van der Waals surface area contributed by atoms with E-state index in [1.807, 2.05) is 43.3 Å². The van der Waals surface area contributed by atoms with Crippen LogP contribution in [0, 0.1) is 13.8 Å². The highest BCUT2D eigenvalue weighted by Gasteiger charge is 2.13. The van der Waals surface area contributed by atoms with Crippen LogP contribution in [0.5, 0.6) is 5.75 Å². The normalized spacial score (nSPS) is 12.2. The first-order valence-corrected chi connectivity index (χ1v) is 7.65. The van der Waals surface area contributed by atoms with Gasteiger partial charge in [0.15, 0.2) is 0 Å². The SMILES string of the molecule is CCc1ccc(OP(O)c2ccccc2)c(C)c1C. The molecule has 0 saturated carbocycles. The Morgan fingerprint density at radius 1 is 1.00 bits per heavy atom. The van der Waals surface area contributed by atoms with E-state index in [1.54, 1.807) is 0 Å². The maximum atomic E-state index is 10.2. The van der Waals surface area contributed by atoms with E-state index in [0.29, 0.717) is 0 Å². The molecule has 0 saturated heterocycles. The van der Waals surface area contributed by atoms with Crippen molar-refractivity contribution >= 4 is 13.7 Å². The zero-order chi connectivity index (χ0) is 13.8. The van der Waals surface area contributed by atoms with E-state index in [2.05, 4.69) is 19.9 Å². The molecule has 1 atom stereocenters. The summed E-state index contributed by atoms with van der Waals surface area (Å²) in [6.07, 6.45) is 1.01. The van der Waals surface area contributed by atoms with Crippen molar-refractivity contribution in [3.63, 3.8) is 0 Å². The van der Waals surface area contributed by atoms with Gasteiger partial charge in [-0.1, -0.05) is 31.2 Å². The highest BCUT2D eigenvalue weighted by atomic mass is 31.2. The van der Waals surface area contributed by atoms with Crippen LogP contribution in [0.25, 0.3) is 0 Å². The van der Waals surface area contributed by atoms with Crippen molar-refractivity contribution in [3.05, 3.63) is 59.2 Å². The molecule has 2 aromatic rings. The minimum absolute atomic E-state index is 0.771. The summed E-state index contributed by atoms with van der Waals surface area (Å²) in [6, 6.07) is 13.5. The number of benzene rings is 2. The Balaban J connectivity index is 2.22. The van der Waals surface area contributed by atoms with E-state index in [0.717, 1.165) is 23.0 Å². The van der Waals surface area contributed by atoms with Gasteiger partial charge in [0.05, 0.1) is 0 Å². The molecule has 0 amide bonds. The third-order valence-corrected chi connectivity index (χ3v) is 4.50. The maximum Gasteiger partial charge on any atom is 0.262 e. The van der Waals surface area contributed by atoms with Crippen LogP contribution in [0.4, 0.5) is 0 Å². The van der Waals surface area contributed by atoms with Gasteiger partial charge in [-0.15, -0.1) is 0 Å². The summed E-state index contributed by atoms with van der Waals surface area (Å²) in [7, 11) is -1.59. The molecule has 1 unspecified atom stereocenters. The average molecular weight is 274 g/mol. The van der Waals surface area contributed by atoms with E-state index in [9.17, 15) is 4.89 Å². The molecule has 0 radical (unpaired) electrons. The van der Waals surface area contributed by atoms with Crippen molar-refractivity contribution in [2.45, 2.75) is 27.2 Å². The fourth-order valence-corrected chi connectivity index (χ4v) is 2.95. The van der Waals surface area contributed by atoms with Crippen molar-refractivity contribution in [2.24, 2.45) is 0 Å². The molecule has 2 nitrogen and oxygen atoms in total. The molecule has 1 N–H and O–H groups in total. The lowest BCUT2D eigenvalue weighted by molar-refractivity contribution is 0.496. The molecule has 19 heavy (non-hydrogen) atoms. The summed E-state index contributed by atoms with van der Waals surface area (Å²) < 4.78 is 5.73. The molecule has 100 valence electrons. The van der Waals surface area contributed by atoms with Gasteiger partial charge in [0, 0.05) is 5.30 Å². The lowest BCUT2D eigenvalue weighted by atomic mass is 10.0. The van der Waals surface area contributed by atoms with Gasteiger partial charge in [0.25, 0.3) is 8.38 Å². The number of hydrogen-bond acceptors (Lipinski definition) is 2. The molecule has 2 rings (SSSR count). The summed E-state index contributed by atoms with van der Waals surface area (Å²) in [6.45, 7) is 6.28. The molecule has 2 aromatic carbocycles. The highest BCUT2D eigenvalue weighted by Crippen LogP contribution is 2.36. The monoisotopic (exact) mass is 274 g/mol. The van der Waals surface area contributed by atoms with Crippen molar-refractivity contribution in [1.82, 2.24) is 0 Å². The molecule has 0 heterocycles. The largest absolute Gasteiger partial charge is 0.444 e. The first-order valence-electron chi connectivity index (χ1n) is 6.44. The van der Waals surface area contributed by atoms with Gasteiger partial charge in [-0.3, -0.25) is 0 Å². The van der Waals surface area contributed by atoms with Gasteiger partial charge in [-0.05, 0) is 55.2 Å². The molecule has 0 fully saturated rings. The van der Waals surface area contributed by atoms with Crippen molar-refractivity contribution < 1.29 is 9.42 Å². The van der Waals surface area contributed by atoms with Crippen molar-refractivity contribution in [3.8, 4) is 5.75 Å². The van der Waals surface area contributed by atoms with Crippen LogP contribution in [-0.2, 0) is 6.42 Å². The molecular formula is C16H19O2P. The Kier molecular flexibility index (Phi) is 4.57. The number of hydrogen-bond donors (Lipinski definition) is 1. The standard InChI is InChI=1S/C16H19O2P/c1-4-14-10-11-16(13(3)12(14)2)18-19(17)15-8-6-5-7-9-15/h5-11,17H,4H2,1-3H3. The molecule has 3 heteroatoms. The zero-order valence-electron chi connectivity index (χ0n) is 11.6. The zero-order valence-corrected chi connectivity index (χ0v) is 12.4. The van der Waals surface area contributed by atoms with E-state index >= 15 is 0 Å². The minimum atomic E-state index is -1.59. The second-order valence-corrected chi connectivity index (χ2v) is 5.77. The quantitative estimate of drug-likeness (QED) is 0.857. The molecule has 0 bridgehead atoms. The van der Waals surface area contributed by atoms with Crippen LogP contribution in [-0.4, -0.2) is 4.89 Å². The predicted octanol–water partition coefficient (Wildman–Crippen LogP) is 3.87. The van der Waals surface area contributed by atoms with Gasteiger partial charge in [0.2, 0.25) is 0 Å². The van der Waals surface area contributed by atoms with Gasteiger partial charge in [-0.2, -0.15) is 0 Å². The van der Waals surface area contributed by atoms with Gasteiger partial charge in [-0.25, -0.2) is 0 Å². The van der Waals surface area contributed by atoms with E-state index in [4.69, 9.17) is 4.52 Å².